The summed E-state index contributed by atoms with van der Waals surface area (Å²) >= 11 is 0. The molecule has 1 fully saturated rings. The first-order valence-electron chi connectivity index (χ1n) is 9.28. The van der Waals surface area contributed by atoms with Crippen LogP contribution in [0.3, 0.4) is 0 Å². The molecule has 0 bridgehead atoms. The Morgan fingerprint density at radius 3 is 2.67 bits per heavy atom. The van der Waals surface area contributed by atoms with E-state index in [0.29, 0.717) is 6.04 Å². The third-order valence-electron chi connectivity index (χ3n) is 5.24. The zero-order valence-electron chi connectivity index (χ0n) is 15.7. The summed E-state index contributed by atoms with van der Waals surface area (Å²) in [7, 11) is 4.14. The lowest BCUT2D eigenvalue weighted by Crippen LogP contribution is -2.34. The molecule has 0 saturated carbocycles. The van der Waals surface area contributed by atoms with Gasteiger partial charge in [0.1, 0.15) is 0 Å². The minimum atomic E-state index is 0.111. The number of carbonyl (C=O) groups is 1. The molecule has 2 aromatic carbocycles. The molecule has 1 amide bonds. The summed E-state index contributed by atoms with van der Waals surface area (Å²) in [6, 6.07) is 18.2. The number of benzene rings is 2. The fourth-order valence-corrected chi connectivity index (χ4v) is 3.59. The van der Waals surface area contributed by atoms with Crippen LogP contribution in [0.25, 0.3) is 10.9 Å². The molecule has 2 heterocycles. The molecule has 27 heavy (non-hydrogen) atoms. The van der Waals surface area contributed by atoms with E-state index in [1.165, 1.54) is 0 Å². The van der Waals surface area contributed by atoms with Gasteiger partial charge in [-0.15, -0.1) is 0 Å². The second-order valence-corrected chi connectivity index (χ2v) is 7.24. The van der Waals surface area contributed by atoms with E-state index in [1.807, 2.05) is 53.4 Å². The van der Waals surface area contributed by atoms with Crippen molar-refractivity contribution in [1.29, 1.82) is 0 Å². The zero-order valence-corrected chi connectivity index (χ0v) is 15.7. The van der Waals surface area contributed by atoms with E-state index in [-0.39, 0.29) is 5.91 Å². The molecule has 5 heteroatoms. The molecule has 1 N–H and O–H groups in total. The number of anilines is 2. The Hall–Kier alpha value is -2.92. The van der Waals surface area contributed by atoms with Gasteiger partial charge in [-0.05, 0) is 69.0 Å². The Kier molecular flexibility index (Phi) is 4.77. The number of fused-ring (bicyclic) bond motifs is 1. The van der Waals surface area contributed by atoms with Gasteiger partial charge in [0.2, 0.25) is 0 Å². The van der Waals surface area contributed by atoms with Crippen molar-refractivity contribution < 1.29 is 4.79 Å². The van der Waals surface area contributed by atoms with Crippen LogP contribution in [0.1, 0.15) is 16.8 Å². The highest BCUT2D eigenvalue weighted by molar-refractivity contribution is 5.96. The smallest absolute Gasteiger partial charge is 0.253 e. The zero-order chi connectivity index (χ0) is 18.8. The van der Waals surface area contributed by atoms with Crippen molar-refractivity contribution in [1.82, 2.24) is 14.8 Å². The number of hydrogen-bond acceptors (Lipinski definition) is 4. The molecular weight excluding hydrogens is 336 g/mol. The first kappa shape index (κ1) is 17.5. The second kappa shape index (κ2) is 7.37. The molecule has 3 aromatic rings. The molecule has 1 aliphatic rings. The maximum absolute atomic E-state index is 12.7. The van der Waals surface area contributed by atoms with Crippen LogP contribution in [0, 0.1) is 0 Å². The molecule has 1 aliphatic heterocycles. The van der Waals surface area contributed by atoms with Gasteiger partial charge in [-0.1, -0.05) is 6.07 Å². The van der Waals surface area contributed by atoms with Crippen LogP contribution < -0.4 is 5.32 Å². The number of nitrogens with one attached hydrogen (secondary N) is 1. The summed E-state index contributed by atoms with van der Waals surface area (Å²) in [6.07, 6.45) is 2.83. The van der Waals surface area contributed by atoms with Crippen LogP contribution >= 0.6 is 0 Å². The molecule has 1 saturated heterocycles. The van der Waals surface area contributed by atoms with Crippen molar-refractivity contribution in [2.75, 3.05) is 32.5 Å². The molecule has 1 aromatic heterocycles. The molecule has 0 radical (unpaired) electrons. The lowest BCUT2D eigenvalue weighted by Gasteiger charge is -2.20. The van der Waals surface area contributed by atoms with Crippen molar-refractivity contribution in [2.24, 2.45) is 0 Å². The normalized spacial score (nSPS) is 16.9. The Morgan fingerprint density at radius 1 is 1.11 bits per heavy atom. The Labute approximate surface area is 159 Å². The highest BCUT2D eigenvalue weighted by atomic mass is 16.2. The number of nitrogens with zero attached hydrogens (tertiary/aromatic N) is 3. The fourth-order valence-electron chi connectivity index (χ4n) is 3.59. The number of likely N-dealkylation sites (N-methyl/N-ethyl adjacent to an activating group) is 1. The summed E-state index contributed by atoms with van der Waals surface area (Å²) < 4.78 is 0. The molecule has 0 aliphatic carbocycles. The van der Waals surface area contributed by atoms with Gasteiger partial charge in [0.15, 0.2) is 0 Å². The Bertz CT molecular complexity index is 947. The third kappa shape index (κ3) is 3.64. The van der Waals surface area contributed by atoms with E-state index < -0.39 is 0 Å². The van der Waals surface area contributed by atoms with E-state index in [4.69, 9.17) is 0 Å². The number of hydrogen-bond donors (Lipinski definition) is 1. The predicted molar refractivity (Wildman–Crippen MR) is 109 cm³/mol. The van der Waals surface area contributed by atoms with Crippen molar-refractivity contribution in [2.45, 2.75) is 12.5 Å². The molecule has 1 unspecified atom stereocenters. The highest BCUT2D eigenvalue weighted by Crippen LogP contribution is 2.25. The lowest BCUT2D eigenvalue weighted by atomic mass is 10.1. The molecular formula is C22H24N4O. The minimum absolute atomic E-state index is 0.111. The Morgan fingerprint density at radius 2 is 1.93 bits per heavy atom. The van der Waals surface area contributed by atoms with Gasteiger partial charge in [-0.25, -0.2) is 0 Å². The number of likely N-dealkylation sites (tertiary alicyclic amines) is 1. The van der Waals surface area contributed by atoms with Crippen LogP contribution in [-0.2, 0) is 0 Å². The summed E-state index contributed by atoms with van der Waals surface area (Å²) in [5.74, 6) is 0.111. The summed E-state index contributed by atoms with van der Waals surface area (Å²) in [5.41, 5.74) is 3.65. The van der Waals surface area contributed by atoms with Crippen LogP contribution in [0.5, 0.6) is 0 Å². The van der Waals surface area contributed by atoms with Crippen LogP contribution in [0.15, 0.2) is 60.8 Å². The average molecular weight is 360 g/mol. The minimum Gasteiger partial charge on any atom is -0.355 e. The third-order valence-corrected chi connectivity index (χ3v) is 5.24. The van der Waals surface area contributed by atoms with Crippen molar-refractivity contribution >= 4 is 28.2 Å². The van der Waals surface area contributed by atoms with E-state index in [9.17, 15) is 4.79 Å². The number of amides is 1. The lowest BCUT2D eigenvalue weighted by molar-refractivity contribution is 0.0783. The van der Waals surface area contributed by atoms with Crippen molar-refractivity contribution in [3.05, 3.63) is 66.4 Å². The number of rotatable bonds is 4. The summed E-state index contributed by atoms with van der Waals surface area (Å²) in [4.78, 5) is 21.3. The second-order valence-electron chi connectivity index (χ2n) is 7.24. The van der Waals surface area contributed by atoms with Crippen LogP contribution in [0.4, 0.5) is 11.4 Å². The fraction of sp³-hybridized carbons (Fsp3) is 0.273. The number of carbonyl (C=O) groups excluding carboxylic acids is 1. The van der Waals surface area contributed by atoms with Crippen molar-refractivity contribution in [3.63, 3.8) is 0 Å². The number of pyridine rings is 1. The number of aromatic nitrogens is 1. The van der Waals surface area contributed by atoms with Gasteiger partial charge in [0.25, 0.3) is 5.91 Å². The SMILES string of the molecule is CN(C)C1CCN(C(=O)c2ccc(Nc3cccc4ncccc34)cc2)C1. The van der Waals surface area contributed by atoms with Crippen LogP contribution in [0.2, 0.25) is 0 Å². The molecule has 0 spiro atoms. The standard InChI is InChI=1S/C22H24N4O/c1-25(2)18-12-14-26(15-18)22(27)16-8-10-17(11-9-16)24-21-7-3-6-20-19(21)5-4-13-23-20/h3-11,13,18,24H,12,14-15H2,1-2H3. The van der Waals surface area contributed by atoms with E-state index >= 15 is 0 Å². The first-order valence-corrected chi connectivity index (χ1v) is 9.28. The summed E-state index contributed by atoms with van der Waals surface area (Å²) in [6.45, 7) is 1.62. The predicted octanol–water partition coefficient (Wildman–Crippen LogP) is 3.75. The van der Waals surface area contributed by atoms with Crippen LogP contribution in [-0.4, -0.2) is 53.9 Å². The first-order chi connectivity index (χ1) is 13.1. The molecule has 138 valence electrons. The quantitative estimate of drug-likeness (QED) is 0.770. The molecule has 1 atom stereocenters. The van der Waals surface area contributed by atoms with Gasteiger partial charge < -0.3 is 15.1 Å². The largest absolute Gasteiger partial charge is 0.355 e. The Balaban J connectivity index is 1.48. The van der Waals surface area contributed by atoms with E-state index in [1.54, 1.807) is 6.20 Å². The maximum atomic E-state index is 12.7. The van der Waals surface area contributed by atoms with Gasteiger partial charge in [0, 0.05) is 47.7 Å². The van der Waals surface area contributed by atoms with Crippen molar-refractivity contribution in [3.8, 4) is 0 Å². The molecule has 5 nitrogen and oxygen atoms in total. The monoisotopic (exact) mass is 360 g/mol. The average Bonchev–Trinajstić information content (AvgIpc) is 3.19. The van der Waals surface area contributed by atoms with Gasteiger partial charge >= 0.3 is 0 Å². The van der Waals surface area contributed by atoms with E-state index in [0.717, 1.165) is 47.4 Å². The molecule has 4 rings (SSSR count). The van der Waals surface area contributed by atoms with Gasteiger partial charge in [-0.3, -0.25) is 9.78 Å². The van der Waals surface area contributed by atoms with Gasteiger partial charge in [0.05, 0.1) is 5.52 Å². The maximum Gasteiger partial charge on any atom is 0.253 e. The van der Waals surface area contributed by atoms with E-state index in [2.05, 4.69) is 35.4 Å². The topological polar surface area (TPSA) is 48.5 Å². The summed E-state index contributed by atoms with van der Waals surface area (Å²) in [5, 5.41) is 4.51. The highest BCUT2D eigenvalue weighted by Gasteiger charge is 2.27. The van der Waals surface area contributed by atoms with Gasteiger partial charge in [-0.2, -0.15) is 0 Å².